The number of esters is 2. The Hall–Kier alpha value is -4.84. The Bertz CT molecular complexity index is 2220. The molecule has 11 N–H and O–H groups in total. The number of rotatable bonds is 16. The molecule has 0 bridgehead atoms. The predicted molar refractivity (Wildman–Crippen MR) is 229 cm³/mol. The Morgan fingerprint density at radius 3 is 1.96 bits per heavy atom. The Morgan fingerprint density at radius 2 is 1.29 bits per heavy atom. The van der Waals surface area contributed by atoms with Gasteiger partial charge in [-0.3, -0.25) is 0 Å². The van der Waals surface area contributed by atoms with E-state index in [0.29, 0.717) is 16.9 Å². The van der Waals surface area contributed by atoms with Crippen LogP contribution in [0.15, 0.2) is 67.0 Å². The fourth-order valence-electron chi connectivity index (χ4n) is 9.28. The van der Waals surface area contributed by atoms with Gasteiger partial charge in [0.25, 0.3) is 0 Å². The zero-order chi connectivity index (χ0) is 50.2. The van der Waals surface area contributed by atoms with E-state index in [0.717, 1.165) is 12.2 Å². The Kier molecular flexibility index (Phi) is 15.8. The Labute approximate surface area is 398 Å². The molecule has 1 saturated carbocycles. The van der Waals surface area contributed by atoms with E-state index in [1.807, 2.05) is 0 Å². The summed E-state index contributed by atoms with van der Waals surface area (Å²) < 4.78 is 64.0. The van der Waals surface area contributed by atoms with E-state index < -0.39 is 166 Å². The van der Waals surface area contributed by atoms with Crippen LogP contribution in [0.1, 0.15) is 18.1 Å². The molecule has 8 rings (SSSR count). The molecule has 5 fully saturated rings. The smallest absolute Gasteiger partial charge is 0.331 e. The normalized spacial score (nSPS) is 41.1. The third-order valence-electron chi connectivity index (χ3n) is 13.2. The van der Waals surface area contributed by atoms with E-state index in [-0.39, 0.29) is 5.75 Å². The van der Waals surface area contributed by atoms with Crippen LogP contribution in [0.2, 0.25) is 0 Å². The van der Waals surface area contributed by atoms with Crippen LogP contribution in [-0.2, 0) is 57.0 Å². The minimum absolute atomic E-state index is 0.325. The summed E-state index contributed by atoms with van der Waals surface area (Å²) in [6.45, 7) is -0.545. The summed E-state index contributed by atoms with van der Waals surface area (Å²) in [5.41, 5.74) is -0.460. The molecule has 384 valence electrons. The third kappa shape index (κ3) is 10.4. The minimum Gasteiger partial charge on any atom is -0.504 e. The Morgan fingerprint density at radius 1 is 0.671 bits per heavy atom. The van der Waals surface area contributed by atoms with Gasteiger partial charge in [0.05, 0.1) is 44.7 Å². The second-order valence-electron chi connectivity index (χ2n) is 17.6. The lowest BCUT2D eigenvalue weighted by molar-refractivity contribution is -0.364. The van der Waals surface area contributed by atoms with E-state index in [9.17, 15) is 65.8 Å². The van der Waals surface area contributed by atoms with Crippen molar-refractivity contribution in [2.24, 2.45) is 11.8 Å². The highest BCUT2D eigenvalue weighted by Gasteiger charge is 2.77. The van der Waals surface area contributed by atoms with Crippen molar-refractivity contribution in [2.75, 3.05) is 26.9 Å². The van der Waals surface area contributed by atoms with Crippen molar-refractivity contribution in [2.45, 2.75) is 123 Å². The van der Waals surface area contributed by atoms with E-state index in [2.05, 4.69) is 0 Å². The molecule has 24 heteroatoms. The molecule has 5 aliphatic heterocycles. The first-order valence-electron chi connectivity index (χ1n) is 22.3. The van der Waals surface area contributed by atoms with Gasteiger partial charge >= 0.3 is 11.9 Å². The number of hydrogen-bond acceptors (Lipinski definition) is 24. The molecule has 5 heterocycles. The number of ether oxygens (including phenoxy) is 11. The van der Waals surface area contributed by atoms with Gasteiger partial charge in [0, 0.05) is 18.1 Å². The van der Waals surface area contributed by atoms with Crippen LogP contribution in [0, 0.1) is 11.8 Å². The molecule has 21 atom stereocenters. The molecule has 4 saturated heterocycles. The molecule has 2 aromatic rings. The molecular formula is C46H56O24. The van der Waals surface area contributed by atoms with Crippen molar-refractivity contribution in [3.8, 4) is 17.2 Å². The maximum atomic E-state index is 13.4. The number of aliphatic hydroxyl groups excluding tert-OH is 9. The van der Waals surface area contributed by atoms with E-state index >= 15 is 0 Å². The van der Waals surface area contributed by atoms with Crippen molar-refractivity contribution in [1.29, 1.82) is 0 Å². The number of aliphatic hydroxyl groups is 9. The van der Waals surface area contributed by atoms with Gasteiger partial charge in [-0.25, -0.2) is 9.59 Å². The van der Waals surface area contributed by atoms with Crippen LogP contribution in [0.3, 0.4) is 0 Å². The van der Waals surface area contributed by atoms with Gasteiger partial charge in [-0.15, -0.1) is 0 Å². The molecule has 24 nitrogen and oxygen atoms in total. The van der Waals surface area contributed by atoms with Gasteiger partial charge < -0.3 is 108 Å². The molecule has 0 aromatic heterocycles. The molecular weight excluding hydrogens is 936 g/mol. The molecule has 0 unspecified atom stereocenters. The van der Waals surface area contributed by atoms with E-state index in [1.165, 1.54) is 50.6 Å². The van der Waals surface area contributed by atoms with Gasteiger partial charge in [-0.05, 0) is 60.5 Å². The van der Waals surface area contributed by atoms with Crippen molar-refractivity contribution < 1.29 is 118 Å². The number of phenolic OH excluding ortho intramolecular Hbond substituents is 2. The zero-order valence-corrected chi connectivity index (χ0v) is 37.4. The van der Waals surface area contributed by atoms with Crippen LogP contribution in [0.25, 0.3) is 12.2 Å². The number of epoxide rings is 1. The number of fused-ring (bicyclic) bond motifs is 3. The summed E-state index contributed by atoms with van der Waals surface area (Å²) in [6.07, 6.45) is -21.0. The lowest BCUT2D eigenvalue weighted by atomic mass is 9.85. The molecule has 2 aromatic carbocycles. The van der Waals surface area contributed by atoms with Crippen LogP contribution < -0.4 is 4.74 Å². The summed E-state index contributed by atoms with van der Waals surface area (Å²) in [6, 6.07) is 10.5. The van der Waals surface area contributed by atoms with Crippen molar-refractivity contribution in [3.05, 3.63) is 78.1 Å². The first kappa shape index (κ1) is 51.5. The number of phenols is 2. The van der Waals surface area contributed by atoms with Crippen LogP contribution in [0.4, 0.5) is 0 Å². The highest BCUT2D eigenvalue weighted by molar-refractivity contribution is 5.87. The highest BCUT2D eigenvalue weighted by atomic mass is 16.8. The molecule has 0 spiro atoms. The third-order valence-corrected chi connectivity index (χ3v) is 13.2. The first-order valence-corrected chi connectivity index (χ1v) is 22.3. The lowest BCUT2D eigenvalue weighted by Gasteiger charge is -2.47. The average molecular weight is 993 g/mol. The number of carbonyl (C=O) groups is 2. The number of aromatic hydroxyl groups is 2. The molecule has 0 radical (unpaired) electrons. The number of methoxy groups -OCH3 is 1. The van der Waals surface area contributed by atoms with E-state index in [1.54, 1.807) is 30.3 Å². The maximum absolute atomic E-state index is 13.4. The summed E-state index contributed by atoms with van der Waals surface area (Å²) in [5, 5.41) is 116. The van der Waals surface area contributed by atoms with Crippen LogP contribution in [0.5, 0.6) is 17.2 Å². The first-order chi connectivity index (χ1) is 33.5. The second-order valence-corrected chi connectivity index (χ2v) is 17.6. The second kappa shape index (κ2) is 21.5. The quantitative estimate of drug-likeness (QED) is 0.0346. The molecule has 70 heavy (non-hydrogen) atoms. The monoisotopic (exact) mass is 992 g/mol. The summed E-state index contributed by atoms with van der Waals surface area (Å²) in [7, 11) is 1.50. The van der Waals surface area contributed by atoms with Gasteiger partial charge in [-0.1, -0.05) is 18.2 Å². The number of hydrogen-bond donors (Lipinski definition) is 11. The van der Waals surface area contributed by atoms with Gasteiger partial charge in [0.2, 0.25) is 6.29 Å². The van der Waals surface area contributed by atoms with Crippen LogP contribution >= 0.6 is 0 Å². The topological polar surface area (TPSA) is 362 Å². The van der Waals surface area contributed by atoms with E-state index in [4.69, 9.17) is 52.1 Å². The van der Waals surface area contributed by atoms with Gasteiger partial charge in [-0.2, -0.15) is 0 Å². The summed E-state index contributed by atoms with van der Waals surface area (Å²) >= 11 is 0. The van der Waals surface area contributed by atoms with Crippen LogP contribution in [-0.4, -0.2) is 211 Å². The summed E-state index contributed by atoms with van der Waals surface area (Å²) in [4.78, 5) is 26.1. The molecule has 6 aliphatic rings. The van der Waals surface area contributed by atoms with Gasteiger partial charge in [0.1, 0.15) is 85.1 Å². The SMILES string of the molecule is COc1ccc(/C=C/C(=O)O[C@@H]2[C@@H](O[C@@H]3O[C@@H](COC(=O)/C=C/c4ccc(O)c(O)c4)[C@H](O)[C@@H](O)[C@@H]3O)[C@H](O)[C@@H](O[C@@H]3[C@@H]4C=CO[C@@H](O[C@H]5O[C@H](CO)[C@@H](O)[C@@H](O)[C@@H]5O)[C@@H]4[C@@]4(CO)O[C@@H]34)O[C@H]2C)cc1. The fourth-order valence-corrected chi connectivity index (χ4v) is 9.28. The molecule has 1 aliphatic carbocycles. The minimum atomic E-state index is -2.01. The van der Waals surface area contributed by atoms with Crippen molar-refractivity contribution in [1.82, 2.24) is 0 Å². The van der Waals surface area contributed by atoms with Crippen molar-refractivity contribution in [3.63, 3.8) is 0 Å². The highest BCUT2D eigenvalue weighted by Crippen LogP contribution is 2.61. The standard InChI is InChI=1S/C46H56O24/c1-19-38(66-29(52)12-6-20-3-8-22(60-2)9-4-20)40(68-43-35(57)34(56)32(54)27(65-43)17-62-28(51)11-7-21-5-10-24(49)25(50)15-21)37(59)45(63-19)67-39-23-13-14-61-42(30(23)46(18-48)41(39)70-46)69-44-36(58)33(55)31(53)26(16-47)64-44/h3-15,19,23,26-27,30-45,47-50,53-59H,16-18H2,1-2H3/b11-7+,12-6+/t19-,23+,26+,27-,30+,31+,32-,33+,34+,35-,36-,37-,38-,39+,40-,41-,42-,43-,44+,45+,46+/m0/s1. The fraction of sp³-hybridized carbons (Fsp3) is 0.565. The number of carbonyl (C=O) groups excluding carboxylic acids is 2. The average Bonchev–Trinajstić information content (AvgIpc) is 4.03. The predicted octanol–water partition coefficient (Wildman–Crippen LogP) is -2.97. The molecule has 0 amide bonds. The summed E-state index contributed by atoms with van der Waals surface area (Å²) in [5.74, 6) is -3.74. The zero-order valence-electron chi connectivity index (χ0n) is 37.4. The Balaban J connectivity index is 1.00. The maximum Gasteiger partial charge on any atom is 0.331 e. The largest absolute Gasteiger partial charge is 0.504 e. The van der Waals surface area contributed by atoms with Gasteiger partial charge in [0.15, 0.2) is 36.5 Å². The van der Waals surface area contributed by atoms with Crippen molar-refractivity contribution >= 4 is 24.1 Å². The lowest BCUT2D eigenvalue weighted by Crippen LogP contribution is -2.65. The number of benzene rings is 2.